The van der Waals surface area contributed by atoms with Gasteiger partial charge in [-0.3, -0.25) is 0 Å². The first-order valence-corrected chi connectivity index (χ1v) is 6.36. The molecule has 1 aliphatic rings. The first kappa shape index (κ1) is 12.7. The van der Waals surface area contributed by atoms with E-state index in [1.807, 2.05) is 0 Å². The van der Waals surface area contributed by atoms with Gasteiger partial charge in [-0.25, -0.2) is 13.9 Å². The minimum absolute atomic E-state index is 0.273. The summed E-state index contributed by atoms with van der Waals surface area (Å²) in [7, 11) is 1.38. The molecular formula is C14H14FN3O2. The number of anilines is 1. The topological polar surface area (TPSA) is 56.1 Å². The van der Waals surface area contributed by atoms with Crippen LogP contribution in [0.4, 0.5) is 10.1 Å². The zero-order valence-corrected chi connectivity index (χ0v) is 11.0. The fraction of sp³-hybridized carbons (Fsp3) is 0.286. The van der Waals surface area contributed by atoms with Crippen LogP contribution < -0.4 is 5.32 Å². The number of carbonyl (C=O) groups is 1. The van der Waals surface area contributed by atoms with Gasteiger partial charge >= 0.3 is 5.97 Å². The molecule has 0 radical (unpaired) electrons. The van der Waals surface area contributed by atoms with Gasteiger partial charge < -0.3 is 10.1 Å². The van der Waals surface area contributed by atoms with Crippen molar-refractivity contribution in [2.75, 3.05) is 12.4 Å². The standard InChI is InChI=1S/C14H14FN3O2/c1-20-14(19)12-7-6-11-13(16-12)8-18(17-11)10-4-2-9(15)3-5-10/h2-5,8,12,16H,6-7H2,1H3. The Morgan fingerprint density at radius 3 is 2.90 bits per heavy atom. The highest BCUT2D eigenvalue weighted by Gasteiger charge is 2.26. The van der Waals surface area contributed by atoms with Crippen molar-refractivity contribution >= 4 is 11.7 Å². The van der Waals surface area contributed by atoms with Gasteiger partial charge in [-0.15, -0.1) is 0 Å². The van der Waals surface area contributed by atoms with Crippen LogP contribution in [0, 0.1) is 5.82 Å². The largest absolute Gasteiger partial charge is 0.467 e. The quantitative estimate of drug-likeness (QED) is 0.851. The van der Waals surface area contributed by atoms with Gasteiger partial charge in [0.1, 0.15) is 11.9 Å². The van der Waals surface area contributed by atoms with Gasteiger partial charge in [0.05, 0.1) is 30.4 Å². The average molecular weight is 275 g/mol. The van der Waals surface area contributed by atoms with Gasteiger partial charge in [-0.1, -0.05) is 0 Å². The van der Waals surface area contributed by atoms with Crippen molar-refractivity contribution in [1.29, 1.82) is 0 Å². The molecule has 0 fully saturated rings. The molecule has 0 saturated carbocycles. The van der Waals surface area contributed by atoms with Crippen LogP contribution in [0.3, 0.4) is 0 Å². The molecule has 2 heterocycles. The van der Waals surface area contributed by atoms with Crippen LogP contribution in [0.2, 0.25) is 0 Å². The molecule has 0 bridgehead atoms. The van der Waals surface area contributed by atoms with E-state index in [0.29, 0.717) is 12.8 Å². The first-order valence-electron chi connectivity index (χ1n) is 6.36. The van der Waals surface area contributed by atoms with Crippen LogP contribution >= 0.6 is 0 Å². The van der Waals surface area contributed by atoms with E-state index in [-0.39, 0.29) is 17.8 Å². The smallest absolute Gasteiger partial charge is 0.328 e. The zero-order valence-electron chi connectivity index (χ0n) is 11.0. The summed E-state index contributed by atoms with van der Waals surface area (Å²) in [6.45, 7) is 0. The minimum atomic E-state index is -0.335. The second-order valence-corrected chi connectivity index (χ2v) is 4.67. The number of fused-ring (bicyclic) bond motifs is 1. The van der Waals surface area contributed by atoms with E-state index in [2.05, 4.69) is 10.4 Å². The second-order valence-electron chi connectivity index (χ2n) is 4.67. The van der Waals surface area contributed by atoms with Gasteiger partial charge in [-0.05, 0) is 37.1 Å². The fourth-order valence-electron chi connectivity index (χ4n) is 2.30. The molecule has 20 heavy (non-hydrogen) atoms. The molecule has 6 heteroatoms. The third-order valence-corrected chi connectivity index (χ3v) is 3.37. The molecule has 104 valence electrons. The maximum atomic E-state index is 12.9. The minimum Gasteiger partial charge on any atom is -0.467 e. The lowest BCUT2D eigenvalue weighted by Gasteiger charge is -2.21. The Balaban J connectivity index is 1.86. The molecular weight excluding hydrogens is 261 g/mol. The lowest BCUT2D eigenvalue weighted by atomic mass is 10.0. The van der Waals surface area contributed by atoms with Crippen molar-refractivity contribution < 1.29 is 13.9 Å². The molecule has 1 aromatic heterocycles. The van der Waals surface area contributed by atoms with Crippen molar-refractivity contribution in [3.05, 3.63) is 42.0 Å². The van der Waals surface area contributed by atoms with Crippen LogP contribution in [0.25, 0.3) is 5.69 Å². The molecule has 1 aliphatic heterocycles. The number of ether oxygens (including phenoxy) is 1. The van der Waals surface area contributed by atoms with Gasteiger partial charge in [0.25, 0.3) is 0 Å². The van der Waals surface area contributed by atoms with E-state index in [1.54, 1.807) is 23.0 Å². The van der Waals surface area contributed by atoms with Gasteiger partial charge in [0.2, 0.25) is 0 Å². The Hall–Kier alpha value is -2.37. The SMILES string of the molecule is COC(=O)C1CCc2nn(-c3ccc(F)cc3)cc2N1. The molecule has 2 aromatic rings. The highest BCUT2D eigenvalue weighted by molar-refractivity contribution is 5.80. The molecule has 1 N–H and O–H groups in total. The van der Waals surface area contributed by atoms with Crippen LogP contribution in [0.5, 0.6) is 0 Å². The molecule has 1 unspecified atom stereocenters. The van der Waals surface area contributed by atoms with Crippen LogP contribution in [-0.4, -0.2) is 28.9 Å². The van der Waals surface area contributed by atoms with E-state index < -0.39 is 0 Å². The van der Waals surface area contributed by atoms with E-state index in [0.717, 1.165) is 17.1 Å². The fourth-order valence-corrected chi connectivity index (χ4v) is 2.30. The number of rotatable bonds is 2. The monoisotopic (exact) mass is 275 g/mol. The van der Waals surface area contributed by atoms with Crippen LogP contribution in [0.1, 0.15) is 12.1 Å². The summed E-state index contributed by atoms with van der Waals surface area (Å²) in [4.78, 5) is 11.5. The molecule has 3 rings (SSSR count). The number of methoxy groups -OCH3 is 1. The number of esters is 1. The van der Waals surface area contributed by atoms with E-state index in [1.165, 1.54) is 19.2 Å². The number of aromatic nitrogens is 2. The number of hydrogen-bond donors (Lipinski definition) is 1. The zero-order chi connectivity index (χ0) is 14.1. The summed E-state index contributed by atoms with van der Waals surface area (Å²) in [5.74, 6) is -0.556. The van der Waals surface area contributed by atoms with Crippen molar-refractivity contribution in [2.24, 2.45) is 0 Å². The Bertz CT molecular complexity index is 636. The number of nitrogens with zero attached hydrogens (tertiary/aromatic N) is 2. The van der Waals surface area contributed by atoms with Gasteiger partial charge in [0.15, 0.2) is 0 Å². The Morgan fingerprint density at radius 2 is 2.20 bits per heavy atom. The number of hydrogen-bond acceptors (Lipinski definition) is 4. The lowest BCUT2D eigenvalue weighted by molar-refractivity contribution is -0.141. The van der Waals surface area contributed by atoms with Crippen molar-refractivity contribution in [1.82, 2.24) is 9.78 Å². The number of aryl methyl sites for hydroxylation is 1. The van der Waals surface area contributed by atoms with Gasteiger partial charge in [-0.2, -0.15) is 5.10 Å². The predicted molar refractivity (Wildman–Crippen MR) is 71.3 cm³/mol. The maximum absolute atomic E-state index is 12.9. The molecule has 5 nitrogen and oxygen atoms in total. The Morgan fingerprint density at radius 1 is 1.45 bits per heavy atom. The lowest BCUT2D eigenvalue weighted by Crippen LogP contribution is -2.33. The third kappa shape index (κ3) is 2.24. The maximum Gasteiger partial charge on any atom is 0.328 e. The highest BCUT2D eigenvalue weighted by Crippen LogP contribution is 2.25. The molecule has 0 saturated heterocycles. The number of nitrogens with one attached hydrogen (secondary N) is 1. The molecule has 1 aromatic carbocycles. The van der Waals surface area contributed by atoms with E-state index >= 15 is 0 Å². The van der Waals surface area contributed by atoms with Gasteiger partial charge in [0, 0.05) is 0 Å². The van der Waals surface area contributed by atoms with E-state index in [9.17, 15) is 9.18 Å². The highest BCUT2D eigenvalue weighted by atomic mass is 19.1. The Kier molecular flexibility index (Phi) is 3.14. The molecule has 0 aliphatic carbocycles. The Labute approximate surface area is 115 Å². The summed E-state index contributed by atoms with van der Waals surface area (Å²) >= 11 is 0. The summed E-state index contributed by atoms with van der Waals surface area (Å²) in [6, 6.07) is 5.76. The molecule has 1 atom stereocenters. The van der Waals surface area contributed by atoms with Crippen molar-refractivity contribution in [3.8, 4) is 5.69 Å². The normalized spacial score (nSPS) is 17.2. The molecule has 0 spiro atoms. The van der Waals surface area contributed by atoms with Crippen molar-refractivity contribution in [3.63, 3.8) is 0 Å². The average Bonchev–Trinajstić information content (AvgIpc) is 2.90. The summed E-state index contributed by atoms with van der Waals surface area (Å²) in [5.41, 5.74) is 2.49. The summed E-state index contributed by atoms with van der Waals surface area (Å²) in [6.07, 6.45) is 3.16. The second kappa shape index (κ2) is 4.96. The predicted octanol–water partition coefficient (Wildman–Crippen LogP) is 1.91. The summed E-state index contributed by atoms with van der Waals surface area (Å²) in [5, 5.41) is 7.57. The summed E-state index contributed by atoms with van der Waals surface area (Å²) < 4.78 is 19.3. The van der Waals surface area contributed by atoms with Crippen LogP contribution in [0.15, 0.2) is 30.5 Å². The first-order chi connectivity index (χ1) is 9.67. The third-order valence-electron chi connectivity index (χ3n) is 3.37. The number of benzene rings is 1. The molecule has 0 amide bonds. The number of halogens is 1. The van der Waals surface area contributed by atoms with Crippen LogP contribution in [-0.2, 0) is 16.0 Å². The van der Waals surface area contributed by atoms with Crippen molar-refractivity contribution in [2.45, 2.75) is 18.9 Å². The van der Waals surface area contributed by atoms with E-state index in [4.69, 9.17) is 4.74 Å². The number of carbonyl (C=O) groups excluding carboxylic acids is 1.